The third-order valence-electron chi connectivity index (χ3n) is 4.40. The van der Waals surface area contributed by atoms with Crippen molar-refractivity contribution in [2.75, 3.05) is 5.32 Å². The Balaban J connectivity index is 1.60. The van der Waals surface area contributed by atoms with Crippen LogP contribution in [0, 0.1) is 12.7 Å². The van der Waals surface area contributed by atoms with Crippen LogP contribution in [0.2, 0.25) is 5.02 Å². The van der Waals surface area contributed by atoms with Crippen LogP contribution >= 0.6 is 22.9 Å². The van der Waals surface area contributed by atoms with E-state index in [9.17, 15) is 14.0 Å². The van der Waals surface area contributed by atoms with Gasteiger partial charge in [0.15, 0.2) is 5.13 Å². The van der Waals surface area contributed by atoms with Gasteiger partial charge in [-0.05, 0) is 42.8 Å². The summed E-state index contributed by atoms with van der Waals surface area (Å²) in [4.78, 5) is 29.2. The topological polar surface area (TPSA) is 64.0 Å². The number of aromatic nitrogens is 2. The summed E-state index contributed by atoms with van der Waals surface area (Å²) in [5.41, 5.74) is 1.99. The van der Waals surface area contributed by atoms with E-state index in [0.29, 0.717) is 5.13 Å². The van der Waals surface area contributed by atoms with E-state index < -0.39 is 11.7 Å². The molecule has 0 aliphatic heterocycles. The second kappa shape index (κ2) is 7.77. The van der Waals surface area contributed by atoms with Gasteiger partial charge in [-0.15, -0.1) is 0 Å². The molecule has 0 unspecified atom stereocenters. The minimum atomic E-state index is -0.510. The maximum atomic E-state index is 14.1. The first-order valence-electron chi connectivity index (χ1n) is 8.72. The molecule has 0 saturated carbocycles. The third kappa shape index (κ3) is 4.06. The Hall–Kier alpha value is -3.03. The Bertz CT molecular complexity index is 1280. The van der Waals surface area contributed by atoms with E-state index in [0.717, 1.165) is 15.8 Å². The molecule has 2 aromatic carbocycles. The summed E-state index contributed by atoms with van der Waals surface area (Å²) in [5.74, 6) is -0.918. The van der Waals surface area contributed by atoms with Crippen molar-refractivity contribution >= 4 is 44.2 Å². The quantitative estimate of drug-likeness (QED) is 0.506. The molecule has 8 heteroatoms. The van der Waals surface area contributed by atoms with Gasteiger partial charge in [-0.3, -0.25) is 14.9 Å². The number of benzene rings is 2. The first-order chi connectivity index (χ1) is 13.9. The molecular weight excluding hydrogens is 413 g/mol. The molecular formula is C21H15ClFN3O2S. The number of carbonyl (C=O) groups is 1. The summed E-state index contributed by atoms with van der Waals surface area (Å²) >= 11 is 7.42. The van der Waals surface area contributed by atoms with Gasteiger partial charge >= 0.3 is 0 Å². The summed E-state index contributed by atoms with van der Waals surface area (Å²) in [7, 11) is 0. The van der Waals surface area contributed by atoms with Gasteiger partial charge in [0.25, 0.3) is 11.5 Å². The summed E-state index contributed by atoms with van der Waals surface area (Å²) in [6.45, 7) is 1.91. The monoisotopic (exact) mass is 427 g/mol. The van der Waals surface area contributed by atoms with E-state index in [-0.39, 0.29) is 28.3 Å². The standard InChI is InChI=1S/C21H15ClFN3O2S/c1-12-5-7-17-18(9-12)29-21(24-17)25-20(28)13-6-8-19(27)26(10-13)11-14-15(22)3-2-4-16(14)23/h2-10H,11H2,1H3,(H,24,25,28). The molecule has 2 heterocycles. The van der Waals surface area contributed by atoms with E-state index in [1.165, 1.54) is 46.4 Å². The fourth-order valence-corrected chi connectivity index (χ4v) is 4.08. The van der Waals surface area contributed by atoms with Crippen molar-refractivity contribution in [3.8, 4) is 0 Å². The van der Waals surface area contributed by atoms with Crippen LogP contribution in [0.25, 0.3) is 10.2 Å². The number of nitrogens with zero attached hydrogens (tertiary/aromatic N) is 2. The van der Waals surface area contributed by atoms with Gasteiger partial charge < -0.3 is 4.57 Å². The molecule has 29 heavy (non-hydrogen) atoms. The van der Waals surface area contributed by atoms with Gasteiger partial charge in [0.1, 0.15) is 5.82 Å². The molecule has 0 radical (unpaired) electrons. The number of nitrogens with one attached hydrogen (secondary N) is 1. The lowest BCUT2D eigenvalue weighted by Crippen LogP contribution is -2.23. The van der Waals surface area contributed by atoms with E-state index in [2.05, 4.69) is 10.3 Å². The molecule has 0 fully saturated rings. The van der Waals surface area contributed by atoms with Crippen LogP contribution in [0.4, 0.5) is 9.52 Å². The molecule has 1 amide bonds. The van der Waals surface area contributed by atoms with Crippen LogP contribution in [-0.4, -0.2) is 15.5 Å². The van der Waals surface area contributed by atoms with Gasteiger partial charge in [0, 0.05) is 22.8 Å². The van der Waals surface area contributed by atoms with Crippen molar-refractivity contribution in [2.24, 2.45) is 0 Å². The summed E-state index contributed by atoms with van der Waals surface area (Å²) in [5, 5.41) is 3.44. The number of thiazole rings is 1. The second-order valence-corrected chi connectivity index (χ2v) is 7.97. The van der Waals surface area contributed by atoms with Gasteiger partial charge in [0.2, 0.25) is 0 Å². The van der Waals surface area contributed by atoms with E-state index in [1.807, 2.05) is 25.1 Å². The van der Waals surface area contributed by atoms with Crippen LogP contribution in [-0.2, 0) is 6.54 Å². The Morgan fingerprint density at radius 3 is 2.86 bits per heavy atom. The number of hydrogen-bond donors (Lipinski definition) is 1. The number of rotatable bonds is 4. The molecule has 0 atom stereocenters. The van der Waals surface area contributed by atoms with Crippen LogP contribution in [0.3, 0.4) is 0 Å². The summed E-state index contributed by atoms with van der Waals surface area (Å²) < 4.78 is 16.3. The van der Waals surface area contributed by atoms with E-state index in [1.54, 1.807) is 6.07 Å². The molecule has 4 rings (SSSR count). The largest absolute Gasteiger partial charge is 0.310 e. The fraction of sp³-hybridized carbons (Fsp3) is 0.0952. The highest BCUT2D eigenvalue weighted by Gasteiger charge is 2.13. The zero-order valence-corrected chi connectivity index (χ0v) is 16.9. The normalized spacial score (nSPS) is 11.0. The van der Waals surface area contributed by atoms with Crippen molar-refractivity contribution in [1.29, 1.82) is 0 Å². The SMILES string of the molecule is Cc1ccc2nc(NC(=O)c3ccc(=O)n(Cc4c(F)cccc4Cl)c3)sc2c1. The highest BCUT2D eigenvalue weighted by Crippen LogP contribution is 2.27. The Morgan fingerprint density at radius 2 is 2.07 bits per heavy atom. The van der Waals surface area contributed by atoms with Gasteiger partial charge in [0.05, 0.1) is 22.3 Å². The molecule has 146 valence electrons. The predicted octanol–water partition coefficient (Wildman–Crippen LogP) is 4.86. The van der Waals surface area contributed by atoms with Crippen LogP contribution in [0.15, 0.2) is 59.5 Å². The number of carbonyl (C=O) groups excluding carboxylic acids is 1. The number of pyridine rings is 1. The summed E-state index contributed by atoms with van der Waals surface area (Å²) in [6, 6.07) is 12.9. The maximum Gasteiger partial charge on any atom is 0.258 e. The van der Waals surface area contributed by atoms with Crippen molar-refractivity contribution in [1.82, 2.24) is 9.55 Å². The fourth-order valence-electron chi connectivity index (χ4n) is 2.90. The maximum absolute atomic E-state index is 14.1. The molecule has 0 bridgehead atoms. The van der Waals surface area contributed by atoms with Crippen LogP contribution in [0.1, 0.15) is 21.5 Å². The zero-order chi connectivity index (χ0) is 20.5. The molecule has 0 spiro atoms. The number of fused-ring (bicyclic) bond motifs is 1. The lowest BCUT2D eigenvalue weighted by atomic mass is 10.2. The van der Waals surface area contributed by atoms with Gasteiger partial charge in [-0.2, -0.15) is 0 Å². The molecule has 0 aliphatic rings. The average molecular weight is 428 g/mol. The Kier molecular flexibility index (Phi) is 5.17. The molecule has 1 N–H and O–H groups in total. The minimum Gasteiger partial charge on any atom is -0.310 e. The van der Waals surface area contributed by atoms with Crippen LogP contribution < -0.4 is 10.9 Å². The average Bonchev–Trinajstić information content (AvgIpc) is 3.07. The highest BCUT2D eigenvalue weighted by atomic mass is 35.5. The number of hydrogen-bond acceptors (Lipinski definition) is 4. The molecule has 5 nitrogen and oxygen atoms in total. The van der Waals surface area contributed by atoms with Gasteiger partial charge in [-0.25, -0.2) is 9.37 Å². The van der Waals surface area contributed by atoms with Crippen molar-refractivity contribution < 1.29 is 9.18 Å². The lowest BCUT2D eigenvalue weighted by molar-refractivity contribution is 0.102. The van der Waals surface area contributed by atoms with Crippen LogP contribution in [0.5, 0.6) is 0 Å². The molecule has 0 saturated heterocycles. The minimum absolute atomic E-state index is 0.0775. The molecule has 4 aromatic rings. The smallest absolute Gasteiger partial charge is 0.258 e. The summed E-state index contributed by atoms with van der Waals surface area (Å²) in [6.07, 6.45) is 1.39. The third-order valence-corrected chi connectivity index (χ3v) is 5.69. The highest BCUT2D eigenvalue weighted by molar-refractivity contribution is 7.22. The first kappa shape index (κ1) is 19.3. The molecule has 2 aromatic heterocycles. The Labute approximate surface area is 174 Å². The Morgan fingerprint density at radius 1 is 1.24 bits per heavy atom. The van der Waals surface area contributed by atoms with Crippen molar-refractivity contribution in [3.63, 3.8) is 0 Å². The first-order valence-corrected chi connectivity index (χ1v) is 9.92. The molecule has 0 aliphatic carbocycles. The number of halogens is 2. The van der Waals surface area contributed by atoms with Gasteiger partial charge in [-0.1, -0.05) is 35.1 Å². The lowest BCUT2D eigenvalue weighted by Gasteiger charge is -2.10. The van der Waals surface area contributed by atoms with E-state index >= 15 is 0 Å². The van der Waals surface area contributed by atoms with Crippen molar-refractivity contribution in [2.45, 2.75) is 13.5 Å². The van der Waals surface area contributed by atoms with Crippen molar-refractivity contribution in [3.05, 3.63) is 92.6 Å². The second-order valence-electron chi connectivity index (χ2n) is 6.53. The zero-order valence-electron chi connectivity index (χ0n) is 15.3. The number of aryl methyl sites for hydroxylation is 1. The number of anilines is 1. The van der Waals surface area contributed by atoms with E-state index in [4.69, 9.17) is 11.6 Å². The number of amides is 1. The predicted molar refractivity (Wildman–Crippen MR) is 114 cm³/mol.